The average molecular weight is 462 g/mol. The summed E-state index contributed by atoms with van der Waals surface area (Å²) in [6.07, 6.45) is -6.51. The van der Waals surface area contributed by atoms with Crippen LogP contribution in [0.2, 0.25) is 0 Å². The second-order valence-electron chi connectivity index (χ2n) is 7.11. The number of hydrogen-bond acceptors (Lipinski definition) is 2. The van der Waals surface area contributed by atoms with Gasteiger partial charge in [-0.2, -0.15) is 26.3 Å². The third-order valence-corrected chi connectivity index (χ3v) is 5.72. The van der Waals surface area contributed by atoms with E-state index in [2.05, 4.69) is 0 Å². The maximum absolute atomic E-state index is 13.5. The van der Waals surface area contributed by atoms with Crippen molar-refractivity contribution in [2.24, 2.45) is 0 Å². The highest BCUT2D eigenvalue weighted by molar-refractivity contribution is 7.24. The molecule has 1 atom stereocenters. The fraction of sp³-hybridized carbons (Fsp3) is 0.409. The van der Waals surface area contributed by atoms with Gasteiger partial charge in [-0.05, 0) is 24.1 Å². The zero-order chi connectivity index (χ0) is 23.2. The molecule has 0 bridgehead atoms. The molecular formula is C22H21F6O2P. The quantitative estimate of drug-likeness (QED) is 0.163. The molecule has 0 aromatic heterocycles. The molecule has 0 aliphatic carbocycles. The van der Waals surface area contributed by atoms with Crippen LogP contribution in [0.3, 0.4) is 0 Å². The molecule has 31 heavy (non-hydrogen) atoms. The summed E-state index contributed by atoms with van der Waals surface area (Å²) < 4.78 is 92.7. The van der Waals surface area contributed by atoms with Gasteiger partial charge >= 0.3 is 12.4 Å². The maximum Gasteiger partial charge on any atom is 0.417 e. The summed E-state index contributed by atoms with van der Waals surface area (Å²) >= 11 is 0. The molecule has 0 heterocycles. The van der Waals surface area contributed by atoms with Gasteiger partial charge in [-0.1, -0.05) is 62.9 Å². The molecule has 2 rings (SSSR count). The monoisotopic (exact) mass is 462 g/mol. The molecule has 1 unspecified atom stereocenters. The highest BCUT2D eigenvalue weighted by Gasteiger charge is 2.43. The number of halogens is 6. The van der Waals surface area contributed by atoms with Gasteiger partial charge in [0.05, 0.1) is 16.8 Å². The normalized spacial score (nSPS) is 13.4. The third kappa shape index (κ3) is 6.16. The fourth-order valence-corrected chi connectivity index (χ4v) is 4.05. The summed E-state index contributed by atoms with van der Waals surface area (Å²) in [4.78, 5) is 13.1. The molecule has 2 nitrogen and oxygen atoms in total. The highest BCUT2D eigenvalue weighted by Crippen LogP contribution is 2.42. The summed E-state index contributed by atoms with van der Waals surface area (Å²) in [5.41, 5.74) is -5.59. The van der Waals surface area contributed by atoms with Crippen molar-refractivity contribution in [3.63, 3.8) is 0 Å². The molecule has 0 saturated carbocycles. The first-order chi connectivity index (χ1) is 14.5. The van der Waals surface area contributed by atoms with E-state index in [1.807, 2.05) is 6.92 Å². The summed E-state index contributed by atoms with van der Waals surface area (Å²) in [6.45, 7) is 2.01. The Hall–Kier alpha value is -2.21. The third-order valence-electron chi connectivity index (χ3n) is 4.93. The minimum Gasteiger partial charge on any atom is -0.289 e. The number of hydrogen-bond donors (Lipinski definition) is 0. The molecule has 0 amide bonds. The number of unbranched alkanes of at least 4 members (excludes halogenated alkanes) is 3. The number of benzene rings is 2. The summed E-state index contributed by atoms with van der Waals surface area (Å²) in [6, 6.07) is 7.01. The first kappa shape index (κ1) is 25.1. The fourth-order valence-electron chi connectivity index (χ4n) is 3.43. The Labute approximate surface area is 177 Å². The molecule has 9 heteroatoms. The Morgan fingerprint density at radius 3 is 1.97 bits per heavy atom. The van der Waals surface area contributed by atoms with Crippen LogP contribution in [0.5, 0.6) is 0 Å². The van der Waals surface area contributed by atoms with Crippen molar-refractivity contribution in [2.75, 3.05) is 0 Å². The molecule has 0 fully saturated rings. The lowest BCUT2D eigenvalue weighted by atomic mass is 9.89. The number of rotatable bonds is 9. The molecular weight excluding hydrogens is 441 g/mol. The number of ketones is 1. The lowest BCUT2D eigenvalue weighted by molar-refractivity contribution is -0.143. The van der Waals surface area contributed by atoms with E-state index >= 15 is 0 Å². The Bertz CT molecular complexity index is 889. The van der Waals surface area contributed by atoms with Crippen molar-refractivity contribution in [3.05, 3.63) is 70.3 Å². The molecule has 0 spiro atoms. The summed E-state index contributed by atoms with van der Waals surface area (Å²) in [7, 11) is -0.354. The molecule has 2 aromatic carbocycles. The maximum atomic E-state index is 13.5. The smallest absolute Gasteiger partial charge is 0.289 e. The highest BCUT2D eigenvalue weighted by atomic mass is 31.1. The molecule has 0 N–H and O–H groups in total. The number of carbonyl (C=O) groups is 1. The van der Waals surface area contributed by atoms with E-state index in [0.717, 1.165) is 19.3 Å². The molecule has 0 aliphatic heterocycles. The second kappa shape index (κ2) is 10.4. The average Bonchev–Trinajstić information content (AvgIpc) is 2.71. The first-order valence-corrected chi connectivity index (χ1v) is 10.6. The van der Waals surface area contributed by atoms with Crippen LogP contribution in [-0.4, -0.2) is 5.78 Å². The summed E-state index contributed by atoms with van der Waals surface area (Å²) in [5, 5.41) is 0. The van der Waals surface area contributed by atoms with E-state index in [4.69, 9.17) is 0 Å². The van der Waals surface area contributed by atoms with Gasteiger partial charge in [0.1, 0.15) is 0 Å². The van der Waals surface area contributed by atoms with E-state index in [9.17, 15) is 35.7 Å². The van der Waals surface area contributed by atoms with Crippen LogP contribution in [0.4, 0.5) is 26.3 Å². The van der Waals surface area contributed by atoms with E-state index in [0.29, 0.717) is 31.0 Å². The lowest BCUT2D eigenvalue weighted by Crippen LogP contribution is -2.21. The van der Waals surface area contributed by atoms with Crippen molar-refractivity contribution in [2.45, 2.75) is 57.0 Å². The van der Waals surface area contributed by atoms with Gasteiger partial charge in [0.15, 0.2) is 14.2 Å². The predicted octanol–water partition coefficient (Wildman–Crippen LogP) is 8.26. The Morgan fingerprint density at radius 1 is 0.871 bits per heavy atom. The Balaban J connectivity index is 2.60. The van der Waals surface area contributed by atoms with E-state index < -0.39 is 40.5 Å². The largest absolute Gasteiger partial charge is 0.417 e. The van der Waals surface area contributed by atoms with Crippen LogP contribution < -0.4 is 0 Å². The van der Waals surface area contributed by atoms with Gasteiger partial charge in [-0.25, -0.2) is 0 Å². The summed E-state index contributed by atoms with van der Waals surface area (Å²) in [5.74, 6) is -1.39. The molecule has 2 aromatic rings. The van der Waals surface area contributed by atoms with Crippen molar-refractivity contribution in [1.29, 1.82) is 0 Å². The van der Waals surface area contributed by atoms with Gasteiger partial charge < -0.3 is 0 Å². The lowest BCUT2D eigenvalue weighted by Gasteiger charge is -2.20. The van der Waals surface area contributed by atoms with Gasteiger partial charge in [0.2, 0.25) is 0 Å². The zero-order valence-corrected chi connectivity index (χ0v) is 17.6. The Kier molecular flexibility index (Phi) is 8.41. The standard InChI is InChI=1S/C22H21F6O2P/c1-2-3-4-5-13-18(31-30)14-9-6-7-10-15(14)20(29)19-16(21(23,24)25)11-8-12-17(19)22(26,27)28/h6-12,18H,2-5,13H2,1H3. The minimum atomic E-state index is -5.16. The van der Waals surface area contributed by atoms with Gasteiger partial charge in [-0.15, -0.1) is 0 Å². The number of alkyl halides is 6. The second-order valence-corrected chi connectivity index (χ2v) is 7.94. The van der Waals surface area contributed by atoms with Crippen LogP contribution >= 0.6 is 8.46 Å². The molecule has 0 saturated heterocycles. The zero-order valence-electron chi connectivity index (χ0n) is 16.7. The molecule has 0 radical (unpaired) electrons. The molecule has 0 aliphatic rings. The van der Waals surface area contributed by atoms with Crippen LogP contribution in [0, 0.1) is 0 Å². The van der Waals surface area contributed by atoms with Gasteiger partial charge in [-0.3, -0.25) is 9.36 Å². The first-order valence-electron chi connectivity index (χ1n) is 9.75. The van der Waals surface area contributed by atoms with Crippen LogP contribution in [0.25, 0.3) is 0 Å². The van der Waals surface area contributed by atoms with Crippen molar-refractivity contribution >= 4 is 14.2 Å². The van der Waals surface area contributed by atoms with Crippen molar-refractivity contribution in [1.82, 2.24) is 0 Å². The van der Waals surface area contributed by atoms with E-state index in [1.54, 1.807) is 0 Å². The number of carbonyl (C=O) groups excluding carboxylic acids is 1. The predicted molar refractivity (Wildman–Crippen MR) is 105 cm³/mol. The van der Waals surface area contributed by atoms with E-state index in [1.165, 1.54) is 24.3 Å². The minimum absolute atomic E-state index is 0.172. The topological polar surface area (TPSA) is 34.1 Å². The van der Waals surface area contributed by atoms with Crippen molar-refractivity contribution < 1.29 is 35.7 Å². The van der Waals surface area contributed by atoms with Gasteiger partial charge in [0.25, 0.3) is 0 Å². The van der Waals surface area contributed by atoms with E-state index in [-0.39, 0.29) is 19.6 Å². The van der Waals surface area contributed by atoms with Crippen molar-refractivity contribution in [3.8, 4) is 0 Å². The Morgan fingerprint density at radius 2 is 1.45 bits per heavy atom. The SMILES string of the molecule is CCCCCCC(P=O)c1ccccc1C(=O)c1c(C(F)(F)F)cccc1C(F)(F)F. The molecule has 168 valence electrons. The van der Waals surface area contributed by atoms with Crippen LogP contribution in [0.15, 0.2) is 42.5 Å². The van der Waals surface area contributed by atoms with Gasteiger partial charge in [0, 0.05) is 11.1 Å². The van der Waals surface area contributed by atoms with Crippen LogP contribution in [-0.2, 0) is 16.9 Å². The van der Waals surface area contributed by atoms with Crippen LogP contribution in [0.1, 0.15) is 77.3 Å².